The molecule has 5 heteroatoms. The van der Waals surface area contributed by atoms with E-state index in [1.54, 1.807) is 0 Å². The molecule has 9 heavy (non-hydrogen) atoms. The van der Waals surface area contributed by atoms with Crippen molar-refractivity contribution in [2.24, 2.45) is 0 Å². The molecule has 0 amide bonds. The van der Waals surface area contributed by atoms with Crippen LogP contribution in [0, 0.1) is 5.41 Å². The van der Waals surface area contributed by atoms with Gasteiger partial charge >= 0.3 is 5.97 Å². The number of carboxylic acid groups (broad SMARTS) is 1. The van der Waals surface area contributed by atoms with Gasteiger partial charge in [-0.25, -0.2) is 0 Å². The Morgan fingerprint density at radius 3 is 2.44 bits per heavy atom. The Morgan fingerprint density at radius 2 is 2.33 bits per heavy atom. The van der Waals surface area contributed by atoms with Gasteiger partial charge in [-0.1, -0.05) is 0 Å². The molecule has 1 unspecified atom stereocenters. The highest BCUT2D eigenvalue weighted by molar-refractivity contribution is 7.96. The lowest BCUT2D eigenvalue weighted by Gasteiger charge is -2.05. The molecule has 0 saturated heterocycles. The van der Waals surface area contributed by atoms with Gasteiger partial charge in [0, 0.05) is 0 Å². The van der Waals surface area contributed by atoms with Crippen molar-refractivity contribution >= 4 is 23.8 Å². The second-order valence-corrected chi connectivity index (χ2v) is 2.00. The molecule has 0 bridgehead atoms. The number of thiol groups is 1. The summed E-state index contributed by atoms with van der Waals surface area (Å²) in [4.78, 5) is 10.0. The fraction of sp³-hybridized carbons (Fsp3) is 0.500. The monoisotopic (exact) mass is 148 g/mol. The largest absolute Gasteiger partial charge is 0.480 e. The maximum atomic E-state index is 10.0. The van der Waals surface area contributed by atoms with Crippen LogP contribution >= 0.6 is 12.6 Å². The lowest BCUT2D eigenvalue weighted by atomic mass is 10.4. The predicted molar refractivity (Wildman–Crippen MR) is 36.9 cm³/mol. The fourth-order valence-corrected chi connectivity index (χ4v) is 0.460. The number of carbonyl (C=O) groups is 1. The SMILES string of the molecule is CC(NC(=N)S)C(=O)O. The first-order valence-corrected chi connectivity index (χ1v) is 2.75. The molecule has 0 saturated carbocycles. The van der Waals surface area contributed by atoms with Gasteiger partial charge in [0.1, 0.15) is 6.04 Å². The van der Waals surface area contributed by atoms with Gasteiger partial charge in [-0.3, -0.25) is 10.2 Å². The molecule has 0 fully saturated rings. The van der Waals surface area contributed by atoms with Crippen LogP contribution in [0.5, 0.6) is 0 Å². The van der Waals surface area contributed by atoms with Crippen LogP contribution in [0.3, 0.4) is 0 Å². The summed E-state index contributed by atoms with van der Waals surface area (Å²) in [7, 11) is 0. The van der Waals surface area contributed by atoms with Gasteiger partial charge in [-0.05, 0) is 6.92 Å². The molecular formula is C4H8N2O2S. The second-order valence-electron chi connectivity index (χ2n) is 1.55. The summed E-state index contributed by atoms with van der Waals surface area (Å²) in [6.07, 6.45) is 0. The number of nitrogens with one attached hydrogen (secondary N) is 2. The third kappa shape index (κ3) is 3.84. The molecule has 0 aliphatic rings. The van der Waals surface area contributed by atoms with E-state index >= 15 is 0 Å². The summed E-state index contributed by atoms with van der Waals surface area (Å²) in [6.45, 7) is 1.44. The van der Waals surface area contributed by atoms with Crippen LogP contribution < -0.4 is 5.32 Å². The summed E-state index contributed by atoms with van der Waals surface area (Å²) < 4.78 is 0. The highest BCUT2D eigenvalue weighted by Crippen LogP contribution is 1.82. The topological polar surface area (TPSA) is 73.2 Å². The van der Waals surface area contributed by atoms with E-state index in [1.807, 2.05) is 0 Å². The van der Waals surface area contributed by atoms with Gasteiger partial charge in [0.15, 0.2) is 5.17 Å². The Morgan fingerprint density at radius 1 is 1.89 bits per heavy atom. The maximum absolute atomic E-state index is 10.0. The summed E-state index contributed by atoms with van der Waals surface area (Å²) in [6, 6.07) is -0.741. The van der Waals surface area contributed by atoms with Gasteiger partial charge in [0.2, 0.25) is 0 Å². The minimum atomic E-state index is -0.992. The molecule has 4 nitrogen and oxygen atoms in total. The summed E-state index contributed by atoms with van der Waals surface area (Å²) >= 11 is 3.54. The lowest BCUT2D eigenvalue weighted by Crippen LogP contribution is -2.35. The smallest absolute Gasteiger partial charge is 0.325 e. The Labute approximate surface area is 58.2 Å². The van der Waals surface area contributed by atoms with Crippen LogP contribution in [0.25, 0.3) is 0 Å². The number of aliphatic carboxylic acids is 1. The van der Waals surface area contributed by atoms with E-state index in [2.05, 4.69) is 17.9 Å². The van der Waals surface area contributed by atoms with E-state index in [-0.39, 0.29) is 5.17 Å². The highest BCUT2D eigenvalue weighted by Gasteiger charge is 2.08. The van der Waals surface area contributed by atoms with Crippen molar-refractivity contribution in [2.75, 3.05) is 0 Å². The standard InChI is InChI=1S/C4H8N2O2S/c1-2(3(7)8)6-4(5)9/h2H,1H3,(H,7,8)(H3,5,6,9). The molecule has 0 aliphatic carbocycles. The second kappa shape index (κ2) is 3.34. The summed E-state index contributed by atoms with van der Waals surface area (Å²) in [5, 5.41) is 17.1. The average Bonchev–Trinajstić information content (AvgIpc) is 1.63. The normalized spacial score (nSPS) is 12.2. The zero-order valence-electron chi connectivity index (χ0n) is 4.88. The number of hydrogen-bond donors (Lipinski definition) is 4. The lowest BCUT2D eigenvalue weighted by molar-refractivity contribution is -0.138. The Bertz CT molecular complexity index is 137. The van der Waals surface area contributed by atoms with Gasteiger partial charge in [-0.15, -0.1) is 12.6 Å². The van der Waals surface area contributed by atoms with E-state index in [4.69, 9.17) is 10.5 Å². The van der Waals surface area contributed by atoms with Gasteiger partial charge < -0.3 is 10.4 Å². The van der Waals surface area contributed by atoms with Crippen LogP contribution in [0.15, 0.2) is 0 Å². The summed E-state index contributed by atoms with van der Waals surface area (Å²) in [5.41, 5.74) is 0. The quantitative estimate of drug-likeness (QED) is 0.251. The van der Waals surface area contributed by atoms with Crippen LogP contribution in [0.4, 0.5) is 0 Å². The molecule has 3 N–H and O–H groups in total. The van der Waals surface area contributed by atoms with Crippen molar-refractivity contribution in [1.29, 1.82) is 5.41 Å². The van der Waals surface area contributed by atoms with E-state index in [0.29, 0.717) is 0 Å². The van der Waals surface area contributed by atoms with Crippen molar-refractivity contribution in [3.05, 3.63) is 0 Å². The zero-order chi connectivity index (χ0) is 7.44. The minimum absolute atomic E-state index is 0.134. The third-order valence-electron chi connectivity index (χ3n) is 0.724. The molecular weight excluding hydrogens is 140 g/mol. The molecule has 0 spiro atoms. The molecule has 0 aromatic carbocycles. The number of amidine groups is 1. The number of carboxylic acids is 1. The molecule has 0 heterocycles. The average molecular weight is 148 g/mol. The van der Waals surface area contributed by atoms with Gasteiger partial charge in [0.05, 0.1) is 0 Å². The van der Waals surface area contributed by atoms with Crippen LogP contribution in [-0.2, 0) is 4.79 Å². The van der Waals surface area contributed by atoms with E-state index in [9.17, 15) is 4.79 Å². The minimum Gasteiger partial charge on any atom is -0.480 e. The molecule has 0 aromatic rings. The Kier molecular flexibility index (Phi) is 3.08. The molecule has 0 rings (SSSR count). The van der Waals surface area contributed by atoms with Crippen molar-refractivity contribution in [2.45, 2.75) is 13.0 Å². The summed E-state index contributed by atoms with van der Waals surface area (Å²) in [5.74, 6) is -0.992. The molecule has 0 aromatic heterocycles. The van der Waals surface area contributed by atoms with Crippen molar-refractivity contribution in [3.63, 3.8) is 0 Å². The predicted octanol–water partition coefficient (Wildman–Crippen LogP) is -0.0863. The first-order valence-electron chi connectivity index (χ1n) is 2.31. The molecule has 52 valence electrons. The van der Waals surface area contributed by atoms with E-state index < -0.39 is 12.0 Å². The first-order chi connectivity index (χ1) is 4.04. The van der Waals surface area contributed by atoms with E-state index in [0.717, 1.165) is 0 Å². The highest BCUT2D eigenvalue weighted by atomic mass is 32.1. The number of hydrogen-bond acceptors (Lipinski definition) is 2. The van der Waals surface area contributed by atoms with Gasteiger partial charge in [-0.2, -0.15) is 0 Å². The Balaban J connectivity index is 3.63. The number of rotatable bonds is 2. The molecule has 0 radical (unpaired) electrons. The van der Waals surface area contributed by atoms with E-state index in [1.165, 1.54) is 6.92 Å². The van der Waals surface area contributed by atoms with Crippen molar-refractivity contribution < 1.29 is 9.90 Å². The zero-order valence-corrected chi connectivity index (χ0v) is 5.77. The van der Waals surface area contributed by atoms with Gasteiger partial charge in [0.25, 0.3) is 0 Å². The maximum Gasteiger partial charge on any atom is 0.325 e. The van der Waals surface area contributed by atoms with Crippen LogP contribution in [0.2, 0.25) is 0 Å². The Hall–Kier alpha value is -0.710. The van der Waals surface area contributed by atoms with Crippen LogP contribution in [-0.4, -0.2) is 22.3 Å². The van der Waals surface area contributed by atoms with Crippen LogP contribution in [0.1, 0.15) is 6.92 Å². The molecule has 0 aliphatic heterocycles. The van der Waals surface area contributed by atoms with Crippen molar-refractivity contribution in [3.8, 4) is 0 Å². The molecule has 1 atom stereocenters. The first kappa shape index (κ1) is 8.29. The fourth-order valence-electron chi connectivity index (χ4n) is 0.267. The van der Waals surface area contributed by atoms with Crippen molar-refractivity contribution in [1.82, 2.24) is 5.32 Å². The third-order valence-corrected chi connectivity index (χ3v) is 0.853.